The minimum atomic E-state index is -4.27. The number of aromatic nitrogens is 3. The highest BCUT2D eigenvalue weighted by Crippen LogP contribution is 2.53. The number of carbonyl (C=O) groups excluding carboxylic acids is 1. The molecule has 40 heavy (non-hydrogen) atoms. The third kappa shape index (κ3) is 7.15. The Bertz CT molecular complexity index is 1210. The molecular weight excluding hydrogens is 571 g/mol. The van der Waals surface area contributed by atoms with Crippen LogP contribution in [0.4, 0.5) is 19.0 Å². The minimum absolute atomic E-state index is 0.106. The van der Waals surface area contributed by atoms with E-state index in [1.807, 2.05) is 6.92 Å². The molecule has 2 heterocycles. The van der Waals surface area contributed by atoms with Gasteiger partial charge in [0.15, 0.2) is 5.69 Å². The Labute approximate surface area is 240 Å². The molecule has 14 heteroatoms. The van der Waals surface area contributed by atoms with Crippen molar-refractivity contribution in [1.82, 2.24) is 20.1 Å². The maximum absolute atomic E-state index is 13.5. The molecule has 0 bridgehead atoms. The smallest absolute Gasteiger partial charge is 0.396 e. The first kappa shape index (κ1) is 31.9. The van der Waals surface area contributed by atoms with Gasteiger partial charge in [0.25, 0.3) is 5.91 Å². The van der Waals surface area contributed by atoms with Crippen molar-refractivity contribution >= 4 is 34.9 Å². The number of hydrogen-bond acceptors (Lipinski definition) is 7. The highest BCUT2D eigenvalue weighted by atomic mass is 35.5. The van der Waals surface area contributed by atoms with E-state index in [-0.39, 0.29) is 41.8 Å². The Morgan fingerprint density at radius 2 is 1.90 bits per heavy atom. The van der Waals surface area contributed by atoms with Gasteiger partial charge < -0.3 is 15.4 Å². The van der Waals surface area contributed by atoms with Gasteiger partial charge in [-0.25, -0.2) is 4.98 Å². The number of hydrogen-bond donors (Lipinski definition) is 2. The quantitative estimate of drug-likeness (QED) is 0.379. The van der Waals surface area contributed by atoms with E-state index in [1.54, 1.807) is 10.7 Å². The maximum atomic E-state index is 13.5. The van der Waals surface area contributed by atoms with Gasteiger partial charge in [-0.2, -0.15) is 26.7 Å². The van der Waals surface area contributed by atoms with Crippen molar-refractivity contribution in [3.63, 3.8) is 0 Å². The fourth-order valence-electron chi connectivity index (χ4n) is 5.23. The number of methoxy groups -OCH3 is 1. The first-order valence-electron chi connectivity index (χ1n) is 13.3. The number of amides is 1. The number of rotatable bonds is 9. The second-order valence-corrected chi connectivity index (χ2v) is 11.0. The van der Waals surface area contributed by atoms with Crippen LogP contribution in [0.5, 0.6) is 5.75 Å². The lowest BCUT2D eigenvalue weighted by atomic mass is 9.68. The van der Waals surface area contributed by atoms with Crippen LogP contribution in [0.2, 0.25) is 5.02 Å². The van der Waals surface area contributed by atoms with Crippen molar-refractivity contribution in [3.8, 4) is 17.0 Å². The Kier molecular flexibility index (Phi) is 11.0. The van der Waals surface area contributed by atoms with E-state index < -0.39 is 23.2 Å². The second-order valence-electron chi connectivity index (χ2n) is 10.5. The van der Waals surface area contributed by atoms with Crippen LogP contribution in [0.3, 0.4) is 0 Å². The summed E-state index contributed by atoms with van der Waals surface area (Å²) < 4.78 is 64.3. The maximum Gasteiger partial charge on any atom is 0.396 e. The zero-order valence-corrected chi connectivity index (χ0v) is 24.3. The van der Waals surface area contributed by atoms with Crippen molar-refractivity contribution in [2.75, 3.05) is 25.5 Å². The molecule has 2 fully saturated rings. The number of alkyl halides is 3. The molecule has 0 saturated heterocycles. The fourth-order valence-corrected chi connectivity index (χ4v) is 5.55. The van der Waals surface area contributed by atoms with E-state index in [0.29, 0.717) is 42.4 Å². The van der Waals surface area contributed by atoms with E-state index in [0.717, 1.165) is 18.8 Å². The van der Waals surface area contributed by atoms with E-state index in [2.05, 4.69) is 27.6 Å². The molecule has 222 valence electrons. The van der Waals surface area contributed by atoms with E-state index >= 15 is 0 Å². The van der Waals surface area contributed by atoms with Gasteiger partial charge in [-0.1, -0.05) is 37.8 Å². The molecule has 2 aliphatic rings. The van der Waals surface area contributed by atoms with Crippen LogP contribution in [0, 0.1) is 17.3 Å². The number of aryl methyl sites for hydroxylation is 1. The standard InChI is InChI=1S/C26H35ClF3N5O2.O2S/c1-4-35-23(21(27)22(34-35)24(36)32-13-17-8-6-16(2)7-9-17)18-14-31-20(12-19(18)37-3)33-15-25(10-5-11-25)26(28,29)30;1-3-2/h12,14,16-17H,4-11,13,15H2,1-3H3,(H,31,33)(H,32,36);. The molecule has 0 unspecified atom stereocenters. The van der Waals surface area contributed by atoms with Gasteiger partial charge in [-0.05, 0) is 44.4 Å². The summed E-state index contributed by atoms with van der Waals surface area (Å²) in [5.41, 5.74) is -0.614. The monoisotopic (exact) mass is 605 g/mol. The van der Waals surface area contributed by atoms with Crippen molar-refractivity contribution in [3.05, 3.63) is 23.0 Å². The van der Waals surface area contributed by atoms with Crippen LogP contribution in [-0.2, 0) is 18.1 Å². The second kappa shape index (κ2) is 13.8. The van der Waals surface area contributed by atoms with Gasteiger partial charge in [0, 0.05) is 31.9 Å². The summed E-state index contributed by atoms with van der Waals surface area (Å²) in [7, 11) is 1.46. The summed E-state index contributed by atoms with van der Waals surface area (Å²) in [6.07, 6.45) is 2.53. The molecule has 0 radical (unpaired) electrons. The first-order chi connectivity index (χ1) is 19.0. The zero-order valence-electron chi connectivity index (χ0n) is 22.8. The van der Waals surface area contributed by atoms with Gasteiger partial charge in [-0.3, -0.25) is 9.48 Å². The van der Waals surface area contributed by atoms with Crippen molar-refractivity contribution in [1.29, 1.82) is 0 Å². The lowest BCUT2D eigenvalue weighted by Crippen LogP contribution is -2.48. The third-order valence-corrected chi connectivity index (χ3v) is 8.31. The van der Waals surface area contributed by atoms with Gasteiger partial charge >= 0.3 is 17.7 Å². The molecule has 2 aliphatic carbocycles. The molecule has 1 amide bonds. The van der Waals surface area contributed by atoms with Crippen LogP contribution in [0.25, 0.3) is 11.3 Å². The lowest BCUT2D eigenvalue weighted by Gasteiger charge is -2.43. The average Bonchev–Trinajstić information content (AvgIpc) is 3.23. The predicted octanol–water partition coefficient (Wildman–Crippen LogP) is 5.66. The Balaban J connectivity index is 0.00000141. The summed E-state index contributed by atoms with van der Waals surface area (Å²) in [6.45, 7) is 4.92. The van der Waals surface area contributed by atoms with Crippen molar-refractivity contribution < 1.29 is 31.1 Å². The van der Waals surface area contributed by atoms with Crippen molar-refractivity contribution in [2.45, 2.75) is 71.5 Å². The molecule has 9 nitrogen and oxygen atoms in total. The highest BCUT2D eigenvalue weighted by molar-refractivity contribution is 7.51. The average molecular weight is 606 g/mol. The SMILES string of the molecule is CCn1nc(C(=O)NCC2CCC(C)CC2)c(Cl)c1-c1cnc(NCC2(C(F)(F)F)CCC2)cc1OC.O=S=O. The molecular formula is C26H35ClF3N5O4S. The topological polar surface area (TPSA) is 115 Å². The van der Waals surface area contributed by atoms with E-state index in [4.69, 9.17) is 24.8 Å². The summed E-state index contributed by atoms with van der Waals surface area (Å²) >= 11 is 5.93. The number of nitrogens with zero attached hydrogens (tertiary/aromatic N) is 3. The molecule has 2 saturated carbocycles. The number of nitrogens with one attached hydrogen (secondary N) is 2. The predicted molar refractivity (Wildman–Crippen MR) is 146 cm³/mol. The molecule has 4 rings (SSSR count). The third-order valence-electron chi connectivity index (χ3n) is 7.96. The van der Waals surface area contributed by atoms with Crippen LogP contribution >= 0.6 is 11.6 Å². The van der Waals surface area contributed by atoms with Crippen LogP contribution in [0.1, 0.15) is 69.3 Å². The summed E-state index contributed by atoms with van der Waals surface area (Å²) in [4.78, 5) is 17.3. The summed E-state index contributed by atoms with van der Waals surface area (Å²) in [5.74, 6) is 1.49. The Hall–Kier alpha value is -2.67. The van der Waals surface area contributed by atoms with Crippen molar-refractivity contribution in [2.24, 2.45) is 17.3 Å². The molecule has 0 atom stereocenters. The van der Waals surface area contributed by atoms with Gasteiger partial charge in [0.2, 0.25) is 0 Å². The first-order valence-corrected chi connectivity index (χ1v) is 14.4. The molecule has 0 aromatic carbocycles. The number of ether oxygens (including phenoxy) is 1. The molecule has 2 aromatic rings. The normalized spacial score (nSPS) is 20.0. The lowest BCUT2D eigenvalue weighted by molar-refractivity contribution is -0.244. The van der Waals surface area contributed by atoms with Gasteiger partial charge in [-0.15, -0.1) is 0 Å². The van der Waals surface area contributed by atoms with E-state index in [9.17, 15) is 18.0 Å². The molecule has 0 aliphatic heterocycles. The summed E-state index contributed by atoms with van der Waals surface area (Å²) in [6, 6.07) is 1.55. The van der Waals surface area contributed by atoms with E-state index in [1.165, 1.54) is 26.1 Å². The summed E-state index contributed by atoms with van der Waals surface area (Å²) in [5, 5.41) is 10.4. The molecule has 2 aromatic heterocycles. The van der Waals surface area contributed by atoms with Crippen LogP contribution in [-0.4, -0.2) is 55.5 Å². The Morgan fingerprint density at radius 3 is 2.42 bits per heavy atom. The highest BCUT2D eigenvalue weighted by Gasteiger charge is 2.57. The van der Waals surface area contributed by atoms with Crippen LogP contribution in [0.15, 0.2) is 12.3 Å². The fraction of sp³-hybridized carbons (Fsp3) is 0.654. The number of halogens is 4. The largest absolute Gasteiger partial charge is 0.496 e. The van der Waals surface area contributed by atoms with Gasteiger partial charge in [0.05, 0.1) is 28.8 Å². The van der Waals surface area contributed by atoms with Crippen LogP contribution < -0.4 is 15.4 Å². The molecule has 0 spiro atoms. The molecule has 2 N–H and O–H groups in total. The van der Waals surface area contributed by atoms with Gasteiger partial charge in [0.1, 0.15) is 11.6 Å². The zero-order chi connectivity index (χ0) is 29.5. The number of carbonyl (C=O) groups is 1. The number of pyridine rings is 1. The number of anilines is 1. The Morgan fingerprint density at radius 1 is 1.25 bits per heavy atom. The minimum Gasteiger partial charge on any atom is -0.496 e.